The molecule has 2 N–H and O–H groups in total. The quantitative estimate of drug-likeness (QED) is 0.633. The molecule has 1 aliphatic rings. The summed E-state index contributed by atoms with van der Waals surface area (Å²) in [7, 11) is -3.51. The first-order valence-electron chi connectivity index (χ1n) is 7.44. The summed E-state index contributed by atoms with van der Waals surface area (Å²) >= 11 is 0. The zero-order chi connectivity index (χ0) is 15.3. The van der Waals surface area contributed by atoms with Gasteiger partial charge in [0.15, 0.2) is 0 Å². The van der Waals surface area contributed by atoms with Crippen LogP contribution in [0.1, 0.15) is 31.9 Å². The Hall–Kier alpha value is -0.890. The van der Waals surface area contributed by atoms with Gasteiger partial charge in [-0.05, 0) is 38.2 Å². The Morgan fingerprint density at radius 1 is 1.48 bits per heavy atom. The summed E-state index contributed by atoms with van der Waals surface area (Å²) in [5, 5.41) is 9.20. The van der Waals surface area contributed by atoms with E-state index in [0.29, 0.717) is 31.8 Å². The number of hydrogen-bond acceptors (Lipinski definition) is 4. The van der Waals surface area contributed by atoms with Gasteiger partial charge in [0, 0.05) is 38.2 Å². The lowest BCUT2D eigenvalue weighted by Crippen LogP contribution is -2.25. The number of nitrogens with zero attached hydrogens (tertiary/aromatic N) is 1. The Labute approximate surface area is 126 Å². The largest absolute Gasteiger partial charge is 0.390 e. The SMILES string of the molecule is CCn1cc(S(=O)(=O)NCCCOCC2CC2)cc1CO. The first-order valence-corrected chi connectivity index (χ1v) is 8.92. The summed E-state index contributed by atoms with van der Waals surface area (Å²) in [6.07, 6.45) is 4.73. The Kier molecular flexibility index (Phi) is 5.80. The van der Waals surface area contributed by atoms with Gasteiger partial charge < -0.3 is 14.4 Å². The fourth-order valence-corrected chi connectivity index (χ4v) is 3.23. The monoisotopic (exact) mass is 316 g/mol. The number of aromatic nitrogens is 1. The van der Waals surface area contributed by atoms with Crippen LogP contribution in [0.3, 0.4) is 0 Å². The van der Waals surface area contributed by atoms with Crippen molar-refractivity contribution in [3.8, 4) is 0 Å². The zero-order valence-corrected chi connectivity index (χ0v) is 13.2. The van der Waals surface area contributed by atoms with E-state index in [1.807, 2.05) is 6.92 Å². The van der Waals surface area contributed by atoms with Gasteiger partial charge in [0.25, 0.3) is 0 Å². The second kappa shape index (κ2) is 7.40. The highest BCUT2D eigenvalue weighted by Gasteiger charge is 2.21. The van der Waals surface area contributed by atoms with Crippen molar-refractivity contribution in [2.45, 2.75) is 44.2 Å². The van der Waals surface area contributed by atoms with E-state index in [0.717, 1.165) is 12.5 Å². The van der Waals surface area contributed by atoms with Crippen molar-refractivity contribution in [1.82, 2.24) is 9.29 Å². The highest BCUT2D eigenvalue weighted by atomic mass is 32.2. The van der Waals surface area contributed by atoms with E-state index >= 15 is 0 Å². The van der Waals surface area contributed by atoms with Crippen LogP contribution in [0.5, 0.6) is 0 Å². The lowest BCUT2D eigenvalue weighted by molar-refractivity contribution is 0.123. The van der Waals surface area contributed by atoms with Crippen LogP contribution >= 0.6 is 0 Å². The van der Waals surface area contributed by atoms with Gasteiger partial charge in [-0.25, -0.2) is 13.1 Å². The van der Waals surface area contributed by atoms with Gasteiger partial charge in [-0.15, -0.1) is 0 Å². The van der Waals surface area contributed by atoms with Crippen molar-refractivity contribution in [3.05, 3.63) is 18.0 Å². The van der Waals surface area contributed by atoms with Gasteiger partial charge in [-0.2, -0.15) is 0 Å². The molecule has 0 aliphatic heterocycles. The Morgan fingerprint density at radius 3 is 2.81 bits per heavy atom. The lowest BCUT2D eigenvalue weighted by atomic mass is 10.4. The fourth-order valence-electron chi connectivity index (χ4n) is 2.10. The highest BCUT2D eigenvalue weighted by molar-refractivity contribution is 7.89. The third-order valence-electron chi connectivity index (χ3n) is 3.58. The molecule has 0 spiro atoms. The summed E-state index contributed by atoms with van der Waals surface area (Å²) in [4.78, 5) is 0.201. The van der Waals surface area contributed by atoms with Crippen molar-refractivity contribution in [3.63, 3.8) is 0 Å². The van der Waals surface area contributed by atoms with Gasteiger partial charge in [0.1, 0.15) is 0 Å². The standard InChI is InChI=1S/C14H24N2O4S/c1-2-16-9-14(8-13(16)10-17)21(18,19)15-6-3-7-20-11-12-4-5-12/h8-9,12,15,17H,2-7,10-11H2,1H3. The molecule has 6 nitrogen and oxygen atoms in total. The number of aliphatic hydroxyl groups excluding tert-OH is 1. The van der Waals surface area contributed by atoms with Gasteiger partial charge in [0.05, 0.1) is 11.5 Å². The number of aliphatic hydroxyl groups is 1. The average Bonchev–Trinajstić information content (AvgIpc) is 3.18. The molecule has 1 aromatic heterocycles. The Bertz CT molecular complexity index is 528. The maximum atomic E-state index is 12.1. The molecule has 0 radical (unpaired) electrons. The summed E-state index contributed by atoms with van der Waals surface area (Å²) in [6, 6.07) is 1.51. The van der Waals surface area contributed by atoms with Crippen molar-refractivity contribution in [1.29, 1.82) is 0 Å². The molecule has 1 aliphatic carbocycles. The zero-order valence-electron chi connectivity index (χ0n) is 12.4. The van der Waals surface area contributed by atoms with E-state index in [9.17, 15) is 13.5 Å². The first kappa shape index (κ1) is 16.5. The second-order valence-corrected chi connectivity index (χ2v) is 7.15. The third kappa shape index (κ3) is 4.81. The average molecular weight is 316 g/mol. The topological polar surface area (TPSA) is 80.6 Å². The van der Waals surface area contributed by atoms with Crippen molar-refractivity contribution >= 4 is 10.0 Å². The Balaban J connectivity index is 1.78. The molecule has 0 atom stereocenters. The molecule has 0 aromatic carbocycles. The highest BCUT2D eigenvalue weighted by Crippen LogP contribution is 2.28. The second-order valence-electron chi connectivity index (χ2n) is 5.38. The van der Waals surface area contributed by atoms with Gasteiger partial charge in [0.2, 0.25) is 10.0 Å². The third-order valence-corrected chi connectivity index (χ3v) is 5.01. The van der Waals surface area contributed by atoms with E-state index in [2.05, 4.69) is 4.72 Å². The number of hydrogen-bond donors (Lipinski definition) is 2. The molecule has 0 unspecified atom stereocenters. The van der Waals surface area contributed by atoms with Crippen LogP contribution in [-0.2, 0) is 27.9 Å². The minimum atomic E-state index is -3.51. The Morgan fingerprint density at radius 2 is 2.24 bits per heavy atom. The molecular weight excluding hydrogens is 292 g/mol. The molecule has 0 saturated heterocycles. The molecule has 0 amide bonds. The summed E-state index contributed by atoms with van der Waals surface area (Å²) in [5.41, 5.74) is 0.602. The molecule has 1 fully saturated rings. The van der Waals surface area contributed by atoms with Crippen LogP contribution < -0.4 is 4.72 Å². The summed E-state index contributed by atoms with van der Waals surface area (Å²) in [6.45, 7) is 4.10. The molecule has 1 saturated carbocycles. The van der Waals surface area contributed by atoms with Gasteiger partial charge in [-0.3, -0.25) is 0 Å². The van der Waals surface area contributed by atoms with Crippen molar-refractivity contribution in [2.75, 3.05) is 19.8 Å². The van der Waals surface area contributed by atoms with Crippen LogP contribution in [-0.4, -0.2) is 37.8 Å². The summed E-state index contributed by atoms with van der Waals surface area (Å²) < 4.78 is 34.0. The van der Waals surface area contributed by atoms with Crippen LogP contribution in [0.4, 0.5) is 0 Å². The predicted octanol–water partition coefficient (Wildman–Crippen LogP) is 1.10. The van der Waals surface area contributed by atoms with Crippen molar-refractivity contribution < 1.29 is 18.3 Å². The molecule has 2 rings (SSSR count). The fraction of sp³-hybridized carbons (Fsp3) is 0.714. The molecule has 0 bridgehead atoms. The summed E-state index contributed by atoms with van der Waals surface area (Å²) in [5.74, 6) is 0.729. The predicted molar refractivity (Wildman–Crippen MR) is 79.4 cm³/mol. The van der Waals surface area contributed by atoms with Crippen LogP contribution in [0, 0.1) is 5.92 Å². The van der Waals surface area contributed by atoms with Crippen LogP contribution in [0.25, 0.3) is 0 Å². The van der Waals surface area contributed by atoms with Crippen molar-refractivity contribution in [2.24, 2.45) is 5.92 Å². The lowest BCUT2D eigenvalue weighted by Gasteiger charge is -2.05. The van der Waals surface area contributed by atoms with E-state index in [1.165, 1.54) is 18.9 Å². The molecule has 1 aromatic rings. The number of nitrogens with one attached hydrogen (secondary N) is 1. The number of sulfonamides is 1. The van der Waals surface area contributed by atoms with E-state index in [4.69, 9.17) is 4.74 Å². The van der Waals surface area contributed by atoms with Gasteiger partial charge in [-0.1, -0.05) is 0 Å². The van der Waals surface area contributed by atoms with Crippen LogP contribution in [0.2, 0.25) is 0 Å². The smallest absolute Gasteiger partial charge is 0.242 e. The molecule has 120 valence electrons. The number of rotatable bonds is 10. The first-order chi connectivity index (χ1) is 10.1. The minimum Gasteiger partial charge on any atom is -0.390 e. The maximum absolute atomic E-state index is 12.1. The molecule has 1 heterocycles. The van der Waals surface area contributed by atoms with Crippen LogP contribution in [0.15, 0.2) is 17.2 Å². The van der Waals surface area contributed by atoms with E-state index in [1.54, 1.807) is 10.8 Å². The van der Waals surface area contributed by atoms with E-state index < -0.39 is 10.0 Å². The van der Waals surface area contributed by atoms with E-state index in [-0.39, 0.29) is 11.5 Å². The maximum Gasteiger partial charge on any atom is 0.242 e. The molecule has 7 heteroatoms. The number of ether oxygens (including phenoxy) is 1. The normalized spacial score (nSPS) is 15.5. The molecule has 21 heavy (non-hydrogen) atoms. The van der Waals surface area contributed by atoms with Gasteiger partial charge >= 0.3 is 0 Å². The molecular formula is C14H24N2O4S. The minimum absolute atomic E-state index is 0.168. The number of aryl methyl sites for hydroxylation is 1.